The Kier molecular flexibility index (Phi) is 3.28. The van der Waals surface area contributed by atoms with E-state index in [1.54, 1.807) is 32.4 Å². The number of nitrogens with one attached hydrogen (secondary N) is 1. The van der Waals surface area contributed by atoms with Gasteiger partial charge in [-0.05, 0) is 19.1 Å². The summed E-state index contributed by atoms with van der Waals surface area (Å²) in [5.74, 6) is 0.849. The summed E-state index contributed by atoms with van der Waals surface area (Å²) in [5.41, 5.74) is 5.09. The van der Waals surface area contributed by atoms with Gasteiger partial charge in [0.05, 0.1) is 13.3 Å². The average Bonchev–Trinajstić information content (AvgIpc) is 2.19. The van der Waals surface area contributed by atoms with Crippen molar-refractivity contribution in [2.45, 2.75) is 13.0 Å². The van der Waals surface area contributed by atoms with Crippen molar-refractivity contribution in [1.82, 2.24) is 4.98 Å². The number of nitrogens with two attached hydrogens (primary N) is 1. The van der Waals surface area contributed by atoms with E-state index in [2.05, 4.69) is 10.3 Å². The Bertz CT molecular complexity index is 310. The molecule has 0 aromatic carbocycles. The lowest BCUT2D eigenvalue weighted by molar-refractivity contribution is -0.118. The van der Waals surface area contributed by atoms with Gasteiger partial charge in [0.2, 0.25) is 5.91 Å². The standard InChI is InChI=1S/C9H13N3O2/c1-6(9(10)13)12-8-4-3-7(14-2)5-11-8/h3-6H,1-2H3,(H2,10,13)(H,11,12). The molecule has 14 heavy (non-hydrogen) atoms. The summed E-state index contributed by atoms with van der Waals surface area (Å²) in [6.07, 6.45) is 1.57. The molecule has 3 N–H and O–H groups in total. The number of amides is 1. The SMILES string of the molecule is COc1ccc(NC(C)C(N)=O)nc1. The van der Waals surface area contributed by atoms with Crippen LogP contribution < -0.4 is 15.8 Å². The number of hydrogen-bond donors (Lipinski definition) is 2. The van der Waals surface area contributed by atoms with E-state index in [1.807, 2.05) is 0 Å². The summed E-state index contributed by atoms with van der Waals surface area (Å²) in [6, 6.07) is 3.04. The van der Waals surface area contributed by atoms with Gasteiger partial charge in [-0.25, -0.2) is 4.98 Å². The van der Waals surface area contributed by atoms with Gasteiger partial charge in [0, 0.05) is 0 Å². The van der Waals surface area contributed by atoms with Crippen LogP contribution in [0.2, 0.25) is 0 Å². The number of anilines is 1. The van der Waals surface area contributed by atoms with Crippen LogP contribution in [0.4, 0.5) is 5.82 Å². The first-order chi connectivity index (χ1) is 6.63. The molecule has 0 aliphatic carbocycles. The Morgan fingerprint density at radius 2 is 2.36 bits per heavy atom. The van der Waals surface area contributed by atoms with Gasteiger partial charge >= 0.3 is 0 Å². The molecule has 1 aromatic rings. The molecule has 0 spiro atoms. The van der Waals surface area contributed by atoms with Crippen molar-refractivity contribution in [1.29, 1.82) is 0 Å². The molecule has 1 unspecified atom stereocenters. The normalized spacial score (nSPS) is 11.9. The minimum atomic E-state index is -0.434. The third kappa shape index (κ3) is 2.62. The van der Waals surface area contributed by atoms with Gasteiger partial charge in [-0.15, -0.1) is 0 Å². The van der Waals surface area contributed by atoms with Gasteiger partial charge < -0.3 is 15.8 Å². The highest BCUT2D eigenvalue weighted by Crippen LogP contribution is 2.11. The molecule has 0 aliphatic heterocycles. The molecule has 0 radical (unpaired) electrons. The van der Waals surface area contributed by atoms with E-state index in [0.29, 0.717) is 11.6 Å². The van der Waals surface area contributed by atoms with Gasteiger partial charge in [0.15, 0.2) is 0 Å². The minimum absolute atomic E-state index is 0.414. The lowest BCUT2D eigenvalue weighted by Gasteiger charge is -2.10. The lowest BCUT2D eigenvalue weighted by Crippen LogP contribution is -2.32. The smallest absolute Gasteiger partial charge is 0.239 e. The van der Waals surface area contributed by atoms with Crippen LogP contribution in [0.25, 0.3) is 0 Å². The molecule has 5 nitrogen and oxygen atoms in total. The number of ether oxygens (including phenoxy) is 1. The van der Waals surface area contributed by atoms with Crippen LogP contribution in [0.15, 0.2) is 18.3 Å². The van der Waals surface area contributed by atoms with Gasteiger partial charge in [-0.3, -0.25) is 4.79 Å². The zero-order valence-electron chi connectivity index (χ0n) is 8.15. The molecule has 1 amide bonds. The van der Waals surface area contributed by atoms with Crippen molar-refractivity contribution in [2.24, 2.45) is 5.73 Å². The number of hydrogen-bond acceptors (Lipinski definition) is 4. The number of carbonyl (C=O) groups is 1. The second-order valence-corrected chi connectivity index (χ2v) is 2.85. The topological polar surface area (TPSA) is 77.2 Å². The molecule has 0 saturated carbocycles. The first kappa shape index (κ1) is 10.3. The molecule has 1 rings (SSSR count). The summed E-state index contributed by atoms with van der Waals surface area (Å²) in [4.78, 5) is 14.8. The quantitative estimate of drug-likeness (QED) is 0.728. The maximum atomic E-state index is 10.7. The number of primary amides is 1. The number of carbonyl (C=O) groups excluding carboxylic acids is 1. The van der Waals surface area contributed by atoms with Crippen molar-refractivity contribution in [3.05, 3.63) is 18.3 Å². The van der Waals surface area contributed by atoms with Crippen molar-refractivity contribution < 1.29 is 9.53 Å². The zero-order valence-corrected chi connectivity index (χ0v) is 8.15. The van der Waals surface area contributed by atoms with Crippen molar-refractivity contribution >= 4 is 11.7 Å². The molecule has 1 atom stereocenters. The molecular formula is C9H13N3O2. The molecule has 1 aromatic heterocycles. The van der Waals surface area contributed by atoms with Crippen LogP contribution in [-0.2, 0) is 4.79 Å². The zero-order chi connectivity index (χ0) is 10.6. The Morgan fingerprint density at radius 3 is 2.79 bits per heavy atom. The molecule has 0 bridgehead atoms. The van der Waals surface area contributed by atoms with E-state index in [0.717, 1.165) is 0 Å². The molecule has 0 fully saturated rings. The fourth-order valence-corrected chi connectivity index (χ4v) is 0.879. The van der Waals surface area contributed by atoms with Gasteiger partial charge in [0.25, 0.3) is 0 Å². The lowest BCUT2D eigenvalue weighted by atomic mass is 10.3. The maximum Gasteiger partial charge on any atom is 0.239 e. The Hall–Kier alpha value is -1.78. The summed E-state index contributed by atoms with van der Waals surface area (Å²) in [7, 11) is 1.57. The molecule has 0 aliphatic rings. The van der Waals surface area contributed by atoms with E-state index in [-0.39, 0.29) is 0 Å². The van der Waals surface area contributed by atoms with E-state index in [1.165, 1.54) is 0 Å². The van der Waals surface area contributed by atoms with Crippen molar-refractivity contribution in [3.8, 4) is 5.75 Å². The van der Waals surface area contributed by atoms with Crippen molar-refractivity contribution in [3.63, 3.8) is 0 Å². The predicted octanol–water partition coefficient (Wildman–Crippen LogP) is 0.376. The second kappa shape index (κ2) is 4.45. The second-order valence-electron chi connectivity index (χ2n) is 2.85. The largest absolute Gasteiger partial charge is 0.495 e. The Labute approximate surface area is 82.3 Å². The maximum absolute atomic E-state index is 10.7. The van der Waals surface area contributed by atoms with E-state index in [9.17, 15) is 4.79 Å². The molecular weight excluding hydrogens is 182 g/mol. The third-order valence-corrected chi connectivity index (χ3v) is 1.76. The van der Waals surface area contributed by atoms with Crippen molar-refractivity contribution in [2.75, 3.05) is 12.4 Å². The molecule has 0 saturated heterocycles. The number of rotatable bonds is 4. The number of nitrogens with zero attached hydrogens (tertiary/aromatic N) is 1. The minimum Gasteiger partial charge on any atom is -0.495 e. The fraction of sp³-hybridized carbons (Fsp3) is 0.333. The predicted molar refractivity (Wildman–Crippen MR) is 53.1 cm³/mol. The highest BCUT2D eigenvalue weighted by molar-refractivity contribution is 5.82. The highest BCUT2D eigenvalue weighted by atomic mass is 16.5. The van der Waals surface area contributed by atoms with Crippen LogP contribution in [0, 0.1) is 0 Å². The number of pyridine rings is 1. The summed E-state index contributed by atoms with van der Waals surface area (Å²) >= 11 is 0. The van der Waals surface area contributed by atoms with Crippen LogP contribution in [0.5, 0.6) is 5.75 Å². The van der Waals surface area contributed by atoms with Crippen LogP contribution in [-0.4, -0.2) is 24.0 Å². The molecule has 1 heterocycles. The third-order valence-electron chi connectivity index (χ3n) is 1.76. The average molecular weight is 195 g/mol. The van der Waals surface area contributed by atoms with Crippen LogP contribution in [0.3, 0.4) is 0 Å². The molecule has 5 heteroatoms. The summed E-state index contributed by atoms with van der Waals surface area (Å²) < 4.78 is 4.94. The van der Waals surface area contributed by atoms with E-state index >= 15 is 0 Å². The fourth-order valence-electron chi connectivity index (χ4n) is 0.879. The number of methoxy groups -OCH3 is 1. The summed E-state index contributed by atoms with van der Waals surface area (Å²) in [5, 5.41) is 2.85. The first-order valence-electron chi connectivity index (χ1n) is 4.19. The van der Waals surface area contributed by atoms with E-state index in [4.69, 9.17) is 10.5 Å². The van der Waals surface area contributed by atoms with Gasteiger partial charge in [0.1, 0.15) is 17.6 Å². The Balaban J connectivity index is 2.64. The summed E-state index contributed by atoms with van der Waals surface area (Å²) in [6.45, 7) is 1.67. The first-order valence-corrected chi connectivity index (χ1v) is 4.19. The highest BCUT2D eigenvalue weighted by Gasteiger charge is 2.07. The monoisotopic (exact) mass is 195 g/mol. The molecule has 76 valence electrons. The number of aromatic nitrogens is 1. The van der Waals surface area contributed by atoms with Crippen LogP contribution >= 0.6 is 0 Å². The Morgan fingerprint density at radius 1 is 1.64 bits per heavy atom. The van der Waals surface area contributed by atoms with E-state index < -0.39 is 11.9 Å². The van der Waals surface area contributed by atoms with Crippen LogP contribution in [0.1, 0.15) is 6.92 Å². The van der Waals surface area contributed by atoms with Gasteiger partial charge in [-0.1, -0.05) is 0 Å². The van der Waals surface area contributed by atoms with Gasteiger partial charge in [-0.2, -0.15) is 0 Å².